The van der Waals surface area contributed by atoms with Crippen LogP contribution in [0.4, 0.5) is 0 Å². The van der Waals surface area contributed by atoms with Crippen LogP contribution in [-0.4, -0.2) is 41.3 Å². The first-order valence-electron chi connectivity index (χ1n) is 12.3. The minimum Gasteiger partial charge on any atom is -0.375 e. The third kappa shape index (κ3) is 2.12. The molecule has 8 rings (SSSR count). The number of carbonyl (C=O) groups is 1. The molecule has 3 aliphatic rings. The first kappa shape index (κ1) is 19.9. The number of hydrogen-bond donors (Lipinski definition) is 2. The largest absolute Gasteiger partial charge is 0.375 e. The van der Waals surface area contributed by atoms with Gasteiger partial charge in [0.2, 0.25) is 0 Å². The normalized spacial score (nSPS) is 27.3. The van der Waals surface area contributed by atoms with E-state index < -0.39 is 5.72 Å². The summed E-state index contributed by atoms with van der Waals surface area (Å²) < 4.78 is 18.0. The van der Waals surface area contributed by atoms with E-state index in [-0.39, 0.29) is 24.3 Å². The lowest BCUT2D eigenvalue weighted by atomic mass is 9.93. The van der Waals surface area contributed by atoms with Crippen LogP contribution in [0.25, 0.3) is 43.6 Å². The van der Waals surface area contributed by atoms with Gasteiger partial charge < -0.3 is 29.2 Å². The third-order valence-electron chi connectivity index (χ3n) is 8.60. The number of hydrogen-bond acceptors (Lipinski definition) is 4. The molecule has 1 amide bonds. The summed E-state index contributed by atoms with van der Waals surface area (Å²) in [5, 5.41) is 11.0. The van der Waals surface area contributed by atoms with Crippen LogP contribution in [-0.2, 0) is 21.7 Å². The summed E-state index contributed by atoms with van der Waals surface area (Å²) in [6.45, 7) is 2.68. The van der Waals surface area contributed by atoms with Crippen molar-refractivity contribution in [2.24, 2.45) is 0 Å². The number of nitrogens with one attached hydrogen (secondary N) is 2. The van der Waals surface area contributed by atoms with Gasteiger partial charge in [0, 0.05) is 47.7 Å². The highest BCUT2D eigenvalue weighted by Gasteiger charge is 2.53. The summed E-state index contributed by atoms with van der Waals surface area (Å²) in [5.41, 5.74) is 5.51. The van der Waals surface area contributed by atoms with E-state index >= 15 is 0 Å². The smallest absolute Gasteiger partial charge is 0.252 e. The highest BCUT2D eigenvalue weighted by molar-refractivity contribution is 6.31. The SMILES string of the molecule is CN[C@@H]1C[C@H]2O[C@@](C)([C@H]1OC)n1c3ccccc3c3c4c(c5c6ccccc6n2c5c31)C(=O)NC4. The molecule has 0 spiro atoms. The molecule has 1 saturated heterocycles. The number of methoxy groups -OCH3 is 1. The van der Waals surface area contributed by atoms with Crippen LogP contribution in [0.2, 0.25) is 0 Å². The molecule has 5 aromatic rings. The van der Waals surface area contributed by atoms with Gasteiger partial charge >= 0.3 is 0 Å². The molecular weight excluding hydrogens is 440 g/mol. The van der Waals surface area contributed by atoms with Crippen molar-refractivity contribution in [3.63, 3.8) is 0 Å². The Bertz CT molecular complexity index is 1750. The number of likely N-dealkylation sites (N-methyl/N-ethyl adjacent to an activating group) is 1. The zero-order valence-electron chi connectivity index (χ0n) is 19.9. The van der Waals surface area contributed by atoms with Crippen LogP contribution >= 0.6 is 0 Å². The molecule has 35 heavy (non-hydrogen) atoms. The molecule has 0 aliphatic carbocycles. The molecule has 0 unspecified atom stereocenters. The minimum atomic E-state index is -0.760. The molecule has 7 nitrogen and oxygen atoms in total. The molecule has 3 aromatic carbocycles. The molecule has 1 fully saturated rings. The Morgan fingerprint density at radius 3 is 2.51 bits per heavy atom. The lowest BCUT2D eigenvalue weighted by molar-refractivity contribution is -0.256. The van der Waals surface area contributed by atoms with Gasteiger partial charge in [-0.15, -0.1) is 0 Å². The molecule has 7 heteroatoms. The second-order valence-corrected chi connectivity index (χ2v) is 10.1. The summed E-state index contributed by atoms with van der Waals surface area (Å²) in [7, 11) is 3.77. The van der Waals surface area contributed by atoms with Crippen molar-refractivity contribution in [3.8, 4) is 0 Å². The second-order valence-electron chi connectivity index (χ2n) is 10.1. The highest BCUT2D eigenvalue weighted by atomic mass is 16.6. The fourth-order valence-electron chi connectivity index (χ4n) is 7.33. The van der Waals surface area contributed by atoms with E-state index in [4.69, 9.17) is 9.47 Å². The molecule has 4 atom stereocenters. The van der Waals surface area contributed by atoms with Crippen LogP contribution in [0.5, 0.6) is 0 Å². The van der Waals surface area contributed by atoms with Crippen molar-refractivity contribution in [2.45, 2.75) is 44.0 Å². The van der Waals surface area contributed by atoms with Gasteiger partial charge in [-0.3, -0.25) is 4.79 Å². The van der Waals surface area contributed by atoms with E-state index in [0.29, 0.717) is 6.54 Å². The Kier molecular flexibility index (Phi) is 3.65. The third-order valence-corrected chi connectivity index (χ3v) is 8.60. The summed E-state index contributed by atoms with van der Waals surface area (Å²) in [6.07, 6.45) is 0.337. The molecule has 5 heterocycles. The van der Waals surface area contributed by atoms with Crippen LogP contribution in [0.3, 0.4) is 0 Å². The predicted octanol–water partition coefficient (Wildman–Crippen LogP) is 4.35. The Hall–Kier alpha value is -3.39. The van der Waals surface area contributed by atoms with E-state index in [1.165, 1.54) is 0 Å². The number of nitrogens with zero attached hydrogens (tertiary/aromatic N) is 2. The van der Waals surface area contributed by atoms with Gasteiger partial charge in [0.1, 0.15) is 12.3 Å². The number of carbonyl (C=O) groups excluding carboxylic acids is 1. The fraction of sp³-hybridized carbons (Fsp3) is 0.321. The van der Waals surface area contributed by atoms with Gasteiger partial charge in [-0.1, -0.05) is 36.4 Å². The van der Waals surface area contributed by atoms with E-state index in [0.717, 1.165) is 61.2 Å². The van der Waals surface area contributed by atoms with E-state index in [1.54, 1.807) is 7.11 Å². The van der Waals surface area contributed by atoms with Gasteiger partial charge in [0.15, 0.2) is 5.72 Å². The number of benzene rings is 3. The second kappa shape index (κ2) is 6.43. The maximum Gasteiger partial charge on any atom is 0.252 e. The van der Waals surface area contributed by atoms with Crippen LogP contribution in [0, 0.1) is 0 Å². The summed E-state index contributed by atoms with van der Waals surface area (Å²) >= 11 is 0. The number of aromatic nitrogens is 2. The number of fused-ring (bicyclic) bond motifs is 13. The Balaban J connectivity index is 1.72. The average Bonchev–Trinajstić information content (AvgIpc) is 3.51. The topological polar surface area (TPSA) is 69.5 Å². The molecule has 0 radical (unpaired) electrons. The predicted molar refractivity (Wildman–Crippen MR) is 136 cm³/mol. The van der Waals surface area contributed by atoms with E-state index in [2.05, 4.69) is 75.2 Å². The van der Waals surface area contributed by atoms with Gasteiger partial charge in [-0.05, 0) is 31.7 Å². The Morgan fingerprint density at radius 1 is 1.06 bits per heavy atom. The number of rotatable bonds is 2. The Labute approximate surface area is 201 Å². The minimum absolute atomic E-state index is 0.00357. The van der Waals surface area contributed by atoms with Crippen molar-refractivity contribution >= 4 is 49.5 Å². The first-order chi connectivity index (χ1) is 17.1. The first-order valence-corrected chi connectivity index (χ1v) is 12.3. The summed E-state index contributed by atoms with van der Waals surface area (Å²) in [6, 6.07) is 17.0. The number of amides is 1. The maximum absolute atomic E-state index is 13.3. The Morgan fingerprint density at radius 2 is 1.77 bits per heavy atom. The van der Waals surface area contributed by atoms with Crippen molar-refractivity contribution in [3.05, 3.63) is 59.7 Å². The van der Waals surface area contributed by atoms with Gasteiger partial charge in [0.05, 0.1) is 27.6 Å². The molecule has 0 saturated carbocycles. The number of para-hydroxylation sites is 2. The molecule has 2 bridgehead atoms. The quantitative estimate of drug-likeness (QED) is 0.406. The molecule has 2 aromatic heterocycles. The van der Waals surface area contributed by atoms with E-state index in [1.807, 2.05) is 7.05 Å². The van der Waals surface area contributed by atoms with Crippen LogP contribution in [0.1, 0.15) is 35.5 Å². The fourth-order valence-corrected chi connectivity index (χ4v) is 7.33. The zero-order chi connectivity index (χ0) is 23.6. The summed E-state index contributed by atoms with van der Waals surface area (Å²) in [5.74, 6) is 0.00357. The van der Waals surface area contributed by atoms with Gasteiger partial charge in [-0.2, -0.15) is 0 Å². The van der Waals surface area contributed by atoms with Crippen molar-refractivity contribution in [2.75, 3.05) is 14.2 Å². The average molecular weight is 467 g/mol. The lowest BCUT2D eigenvalue weighted by Gasteiger charge is -2.48. The van der Waals surface area contributed by atoms with Crippen molar-refractivity contribution in [1.82, 2.24) is 19.8 Å². The van der Waals surface area contributed by atoms with E-state index in [9.17, 15) is 4.79 Å². The molecular formula is C28H26N4O3. The molecule has 2 N–H and O–H groups in total. The standard InChI is InChI=1S/C28H26N4O3/c1-28-26(34-3)17(29-2)12-20(35-28)31-18-10-6-4-8-14(18)22-23-16(13-30-27(23)33)21-15-9-5-7-11-19(15)32(28)25(21)24(22)31/h4-11,17,20,26,29H,12-13H2,1-3H3,(H,30,33)/t17-,20-,26+,28+/m1/s1. The summed E-state index contributed by atoms with van der Waals surface area (Å²) in [4.78, 5) is 13.3. The van der Waals surface area contributed by atoms with Crippen molar-refractivity contribution in [1.29, 1.82) is 0 Å². The zero-order valence-corrected chi connectivity index (χ0v) is 19.9. The van der Waals surface area contributed by atoms with Gasteiger partial charge in [-0.25, -0.2) is 0 Å². The monoisotopic (exact) mass is 466 g/mol. The number of ether oxygens (including phenoxy) is 2. The van der Waals surface area contributed by atoms with Gasteiger partial charge in [0.25, 0.3) is 5.91 Å². The molecule has 176 valence electrons. The molecule has 3 aliphatic heterocycles. The lowest BCUT2D eigenvalue weighted by Crippen LogP contribution is -2.59. The maximum atomic E-state index is 13.3. The van der Waals surface area contributed by atoms with Crippen LogP contribution < -0.4 is 10.6 Å². The highest BCUT2D eigenvalue weighted by Crippen LogP contribution is 2.53. The van der Waals surface area contributed by atoms with Crippen molar-refractivity contribution < 1.29 is 14.3 Å². The van der Waals surface area contributed by atoms with Crippen LogP contribution in [0.15, 0.2) is 48.5 Å².